The lowest BCUT2D eigenvalue weighted by Crippen LogP contribution is -1.87. The van der Waals surface area contributed by atoms with Gasteiger partial charge in [0.1, 0.15) is 24.7 Å². The maximum absolute atomic E-state index is 8.47. The molecule has 1 heterocycles. The van der Waals surface area contributed by atoms with Crippen molar-refractivity contribution in [3.05, 3.63) is 49.0 Å². The Bertz CT molecular complexity index is 264. The molecule has 4 nitrogen and oxygen atoms in total. The molecule has 2 N–H and O–H groups in total. The second-order valence-corrected chi connectivity index (χ2v) is 2.80. The normalized spacial score (nSPS) is 9.12. The lowest BCUT2D eigenvalue weighted by Gasteiger charge is -1.89. The predicted molar refractivity (Wildman–Crippen MR) is 61.8 cm³/mol. The Hall–Kier alpha value is -1.36. The molecule has 0 atom stereocenters. The first-order chi connectivity index (χ1) is 7.78. The zero-order valence-electron chi connectivity index (χ0n) is 9.26. The summed E-state index contributed by atoms with van der Waals surface area (Å²) in [6.07, 6.45) is 3.42. The second-order valence-electron chi connectivity index (χ2n) is 2.80. The first-order valence-electron chi connectivity index (χ1n) is 4.87. The summed E-state index contributed by atoms with van der Waals surface area (Å²) in [5, 5.41) is 16.9. The summed E-state index contributed by atoms with van der Waals surface area (Å²) < 4.78 is 9.78. The van der Waals surface area contributed by atoms with Gasteiger partial charge in [-0.3, -0.25) is 0 Å². The summed E-state index contributed by atoms with van der Waals surface area (Å²) in [5.74, 6) is 0.970. The number of rotatable bonds is 6. The van der Waals surface area contributed by atoms with Gasteiger partial charge in [-0.1, -0.05) is 12.2 Å². The molecule has 0 unspecified atom stereocenters. The van der Waals surface area contributed by atoms with Crippen molar-refractivity contribution in [3.8, 4) is 0 Å². The Labute approximate surface area is 95.5 Å². The van der Waals surface area contributed by atoms with Gasteiger partial charge in [-0.15, -0.1) is 13.2 Å². The lowest BCUT2D eigenvalue weighted by atomic mass is 10.4. The van der Waals surface area contributed by atoms with Crippen LogP contribution in [0.4, 0.5) is 0 Å². The van der Waals surface area contributed by atoms with E-state index in [1.54, 1.807) is 24.3 Å². The maximum atomic E-state index is 8.47. The smallest absolute Gasteiger partial charge is 0.129 e. The highest BCUT2D eigenvalue weighted by Gasteiger charge is 1.96. The quantitative estimate of drug-likeness (QED) is 0.571. The molecular formula is C12H18O4. The van der Waals surface area contributed by atoms with E-state index in [0.29, 0.717) is 24.7 Å². The predicted octanol–water partition coefficient (Wildman–Crippen LogP) is 1.64. The second kappa shape index (κ2) is 10.2. The van der Waals surface area contributed by atoms with Crippen molar-refractivity contribution in [2.75, 3.05) is 13.2 Å². The van der Waals surface area contributed by atoms with Crippen LogP contribution in [0.1, 0.15) is 11.5 Å². The van der Waals surface area contributed by atoms with Gasteiger partial charge < -0.3 is 19.4 Å². The zero-order valence-corrected chi connectivity index (χ0v) is 9.26. The molecule has 1 rings (SSSR count). The van der Waals surface area contributed by atoms with Gasteiger partial charge in [-0.2, -0.15) is 0 Å². The van der Waals surface area contributed by atoms with Crippen molar-refractivity contribution < 1.29 is 19.4 Å². The molecule has 0 amide bonds. The van der Waals surface area contributed by atoms with Gasteiger partial charge in [-0.25, -0.2) is 0 Å². The van der Waals surface area contributed by atoms with E-state index in [9.17, 15) is 0 Å². The first-order valence-corrected chi connectivity index (χ1v) is 4.87. The molecular weight excluding hydrogens is 208 g/mol. The van der Waals surface area contributed by atoms with Crippen molar-refractivity contribution in [3.63, 3.8) is 0 Å². The van der Waals surface area contributed by atoms with Crippen LogP contribution in [0, 0.1) is 0 Å². The molecule has 0 aliphatic rings. The van der Waals surface area contributed by atoms with Crippen LogP contribution in [0.25, 0.3) is 0 Å². The topological polar surface area (TPSA) is 62.8 Å². The Kier molecular flexibility index (Phi) is 9.30. The van der Waals surface area contributed by atoms with E-state index in [0.717, 1.165) is 0 Å². The van der Waals surface area contributed by atoms with Gasteiger partial charge in [-0.05, 0) is 12.1 Å². The van der Waals surface area contributed by atoms with Crippen LogP contribution in [0.5, 0.6) is 0 Å². The molecule has 0 bridgehead atoms. The van der Waals surface area contributed by atoms with Gasteiger partial charge in [0, 0.05) is 0 Å². The molecule has 0 aromatic carbocycles. The number of hydrogen-bond donors (Lipinski definition) is 2. The molecule has 1 aromatic rings. The first kappa shape index (κ1) is 14.6. The number of ether oxygens (including phenoxy) is 1. The van der Waals surface area contributed by atoms with E-state index < -0.39 is 0 Å². The molecule has 1 aromatic heterocycles. The average molecular weight is 226 g/mol. The zero-order chi connectivity index (χ0) is 12.2. The highest BCUT2D eigenvalue weighted by molar-refractivity contribution is 5.04. The molecule has 0 aliphatic carbocycles. The molecule has 0 aliphatic heterocycles. The van der Waals surface area contributed by atoms with Gasteiger partial charge in [0.25, 0.3) is 0 Å². The maximum Gasteiger partial charge on any atom is 0.129 e. The van der Waals surface area contributed by atoms with Crippen LogP contribution < -0.4 is 0 Å². The summed E-state index contributed by atoms with van der Waals surface area (Å²) in [4.78, 5) is 0. The van der Waals surface area contributed by atoms with Crippen molar-refractivity contribution in [1.82, 2.24) is 0 Å². The van der Waals surface area contributed by atoms with Crippen molar-refractivity contribution in [2.45, 2.75) is 13.2 Å². The van der Waals surface area contributed by atoms with Crippen LogP contribution >= 0.6 is 0 Å². The average Bonchev–Trinajstić information content (AvgIpc) is 2.78. The fraction of sp³-hybridized carbons (Fsp3) is 0.333. The van der Waals surface area contributed by atoms with Crippen molar-refractivity contribution >= 4 is 0 Å². The molecule has 0 spiro atoms. The minimum atomic E-state index is -0.111. The van der Waals surface area contributed by atoms with Gasteiger partial charge in [0.2, 0.25) is 0 Å². The monoisotopic (exact) mass is 226 g/mol. The molecule has 90 valence electrons. The fourth-order valence-corrected chi connectivity index (χ4v) is 0.827. The van der Waals surface area contributed by atoms with E-state index in [1.807, 2.05) is 0 Å². The molecule has 0 fully saturated rings. The molecule has 4 heteroatoms. The van der Waals surface area contributed by atoms with Gasteiger partial charge in [0.15, 0.2) is 0 Å². The standard InChI is InChI=1S/C6H8O3.C6H10O/c7-3-5-1-2-6(4-8)9-5;1-3-5-7-6-4-2/h1-2,7-8H,3-4H2;3-4H,1-2,5-6H2. The number of hydrogen-bond acceptors (Lipinski definition) is 4. The lowest BCUT2D eigenvalue weighted by molar-refractivity contribution is 0.194. The van der Waals surface area contributed by atoms with E-state index in [-0.39, 0.29) is 13.2 Å². The number of furan rings is 1. The third-order valence-corrected chi connectivity index (χ3v) is 1.50. The van der Waals surface area contributed by atoms with Crippen LogP contribution in [0.15, 0.2) is 41.9 Å². The van der Waals surface area contributed by atoms with E-state index in [2.05, 4.69) is 13.2 Å². The highest BCUT2D eigenvalue weighted by atomic mass is 16.5. The number of aliphatic hydroxyl groups excluding tert-OH is 2. The van der Waals surface area contributed by atoms with Crippen molar-refractivity contribution in [1.29, 1.82) is 0 Å². The summed E-state index contributed by atoms with van der Waals surface area (Å²) >= 11 is 0. The van der Waals surface area contributed by atoms with Crippen molar-refractivity contribution in [2.24, 2.45) is 0 Å². The Morgan fingerprint density at radius 3 is 1.75 bits per heavy atom. The molecule has 0 saturated heterocycles. The van der Waals surface area contributed by atoms with E-state index in [1.165, 1.54) is 0 Å². The summed E-state index contributed by atoms with van der Waals surface area (Å²) in [7, 11) is 0. The van der Waals surface area contributed by atoms with Crippen LogP contribution in [0.3, 0.4) is 0 Å². The SMILES string of the molecule is C=CCOCC=C.OCc1ccc(CO)o1. The summed E-state index contributed by atoms with van der Waals surface area (Å²) in [5.41, 5.74) is 0. The Morgan fingerprint density at radius 1 is 1.06 bits per heavy atom. The summed E-state index contributed by atoms with van der Waals surface area (Å²) in [6.45, 7) is 7.96. The minimum Gasteiger partial charge on any atom is -0.461 e. The summed E-state index contributed by atoms with van der Waals surface area (Å²) in [6, 6.07) is 3.26. The van der Waals surface area contributed by atoms with Gasteiger partial charge in [0.05, 0.1) is 13.2 Å². The van der Waals surface area contributed by atoms with Crippen LogP contribution in [-0.4, -0.2) is 23.4 Å². The number of aliphatic hydroxyl groups is 2. The highest BCUT2D eigenvalue weighted by Crippen LogP contribution is 2.06. The van der Waals surface area contributed by atoms with E-state index in [4.69, 9.17) is 19.4 Å². The molecule has 16 heavy (non-hydrogen) atoms. The third-order valence-electron chi connectivity index (χ3n) is 1.50. The fourth-order valence-electron chi connectivity index (χ4n) is 0.827. The van der Waals surface area contributed by atoms with Crippen LogP contribution in [0.2, 0.25) is 0 Å². The Morgan fingerprint density at radius 2 is 1.50 bits per heavy atom. The van der Waals surface area contributed by atoms with Gasteiger partial charge >= 0.3 is 0 Å². The molecule has 0 radical (unpaired) electrons. The Balaban J connectivity index is 0.000000293. The minimum absolute atomic E-state index is 0.111. The largest absolute Gasteiger partial charge is 0.461 e. The van der Waals surface area contributed by atoms with E-state index >= 15 is 0 Å². The third kappa shape index (κ3) is 7.00. The molecule has 0 saturated carbocycles. The van der Waals surface area contributed by atoms with Crippen LogP contribution in [-0.2, 0) is 18.0 Å².